The van der Waals surface area contributed by atoms with E-state index >= 15 is 0 Å². The molecule has 0 radical (unpaired) electrons. The molecule has 2 amide bonds. The number of hydrogen-bond acceptors (Lipinski definition) is 3. The lowest BCUT2D eigenvalue weighted by molar-refractivity contribution is -0.118. The van der Waals surface area contributed by atoms with Crippen molar-refractivity contribution in [1.82, 2.24) is 14.5 Å². The van der Waals surface area contributed by atoms with Crippen LogP contribution in [0.15, 0.2) is 54.9 Å². The van der Waals surface area contributed by atoms with E-state index in [1.807, 2.05) is 48.0 Å². The number of imidazole rings is 1. The molecule has 1 aromatic heterocycles. The van der Waals surface area contributed by atoms with E-state index in [0.29, 0.717) is 18.7 Å². The van der Waals surface area contributed by atoms with Crippen LogP contribution in [0.1, 0.15) is 22.3 Å². The Hall–Kier alpha value is -3.15. The van der Waals surface area contributed by atoms with E-state index in [-0.39, 0.29) is 12.3 Å². The van der Waals surface area contributed by atoms with Gasteiger partial charge in [-0.3, -0.25) is 9.59 Å². The van der Waals surface area contributed by atoms with Gasteiger partial charge in [-0.05, 0) is 30.2 Å². The Balaban J connectivity index is 1.78. The Bertz CT molecular complexity index is 918. The fourth-order valence-corrected chi connectivity index (χ4v) is 2.92. The van der Waals surface area contributed by atoms with Gasteiger partial charge in [0.05, 0.1) is 17.4 Å². The van der Waals surface area contributed by atoms with E-state index in [1.165, 1.54) is 0 Å². The number of benzene rings is 2. The number of primary amides is 1. The number of aryl methyl sites for hydroxylation is 1. The molecule has 3 rings (SSSR count). The van der Waals surface area contributed by atoms with Gasteiger partial charge < -0.3 is 15.2 Å². The van der Waals surface area contributed by atoms with Crippen LogP contribution in [-0.4, -0.2) is 39.4 Å². The van der Waals surface area contributed by atoms with Crippen LogP contribution in [0.2, 0.25) is 0 Å². The highest BCUT2D eigenvalue weighted by atomic mass is 16.2. The molecule has 2 N–H and O–H groups in total. The molecule has 0 aliphatic carbocycles. The lowest BCUT2D eigenvalue weighted by atomic mass is 10.1. The number of fused-ring (bicyclic) bond motifs is 1. The van der Waals surface area contributed by atoms with Crippen molar-refractivity contribution in [3.05, 3.63) is 66.0 Å². The molecule has 0 bridgehead atoms. The predicted octanol–water partition coefficient (Wildman–Crippen LogP) is 2.13. The third-order valence-electron chi connectivity index (χ3n) is 4.40. The zero-order valence-corrected chi connectivity index (χ0v) is 14.8. The number of aromatic nitrogens is 2. The van der Waals surface area contributed by atoms with Crippen molar-refractivity contribution in [2.24, 2.45) is 12.8 Å². The highest BCUT2D eigenvalue weighted by Gasteiger charge is 2.17. The third-order valence-corrected chi connectivity index (χ3v) is 4.40. The minimum atomic E-state index is -0.414. The van der Waals surface area contributed by atoms with Crippen molar-refractivity contribution in [3.8, 4) is 0 Å². The second kappa shape index (κ2) is 7.82. The van der Waals surface area contributed by atoms with E-state index < -0.39 is 5.91 Å². The van der Waals surface area contributed by atoms with E-state index in [4.69, 9.17) is 5.73 Å². The molecule has 0 aliphatic rings. The quantitative estimate of drug-likeness (QED) is 0.709. The summed E-state index contributed by atoms with van der Waals surface area (Å²) in [6, 6.07) is 15.4. The first kappa shape index (κ1) is 17.7. The average molecular weight is 350 g/mol. The van der Waals surface area contributed by atoms with Gasteiger partial charge in [-0.1, -0.05) is 30.3 Å². The maximum atomic E-state index is 13.0. The molecule has 26 heavy (non-hydrogen) atoms. The first-order valence-electron chi connectivity index (χ1n) is 8.57. The summed E-state index contributed by atoms with van der Waals surface area (Å²) in [4.78, 5) is 30.1. The zero-order valence-electron chi connectivity index (χ0n) is 14.8. The Morgan fingerprint density at radius 3 is 2.62 bits per heavy atom. The zero-order chi connectivity index (χ0) is 18.5. The highest BCUT2D eigenvalue weighted by Crippen LogP contribution is 2.16. The van der Waals surface area contributed by atoms with Crippen LogP contribution in [0.25, 0.3) is 11.0 Å². The lowest BCUT2D eigenvalue weighted by Crippen LogP contribution is -2.35. The van der Waals surface area contributed by atoms with Gasteiger partial charge in [0.25, 0.3) is 5.91 Å². The summed E-state index contributed by atoms with van der Waals surface area (Å²) in [7, 11) is 1.91. The number of nitrogens with two attached hydrogens (primary N) is 1. The number of carbonyl (C=O) groups is 2. The SMILES string of the molecule is Cn1cnc2cc(C(=O)N(CCC(N)=O)CCc3ccccc3)ccc21. The largest absolute Gasteiger partial charge is 0.370 e. The Morgan fingerprint density at radius 1 is 1.12 bits per heavy atom. The summed E-state index contributed by atoms with van der Waals surface area (Å²) in [6.07, 6.45) is 2.59. The van der Waals surface area contributed by atoms with Crippen molar-refractivity contribution < 1.29 is 9.59 Å². The van der Waals surface area contributed by atoms with Crippen LogP contribution >= 0.6 is 0 Å². The van der Waals surface area contributed by atoms with Gasteiger partial charge in [0.2, 0.25) is 5.91 Å². The molecule has 0 spiro atoms. The van der Waals surface area contributed by atoms with Gasteiger partial charge >= 0.3 is 0 Å². The van der Waals surface area contributed by atoms with Crippen molar-refractivity contribution in [2.45, 2.75) is 12.8 Å². The molecule has 0 saturated heterocycles. The second-order valence-corrected chi connectivity index (χ2v) is 6.30. The highest BCUT2D eigenvalue weighted by molar-refractivity contribution is 5.97. The van der Waals surface area contributed by atoms with Crippen LogP contribution < -0.4 is 5.73 Å². The molecule has 0 unspecified atom stereocenters. The smallest absolute Gasteiger partial charge is 0.253 e. The topological polar surface area (TPSA) is 81.2 Å². The maximum absolute atomic E-state index is 13.0. The minimum Gasteiger partial charge on any atom is -0.370 e. The maximum Gasteiger partial charge on any atom is 0.253 e. The van der Waals surface area contributed by atoms with Crippen LogP contribution in [0.4, 0.5) is 0 Å². The molecular weight excluding hydrogens is 328 g/mol. The molecule has 0 saturated carbocycles. The summed E-state index contributed by atoms with van der Waals surface area (Å²) in [5.41, 5.74) is 8.72. The Kier molecular flexibility index (Phi) is 5.31. The van der Waals surface area contributed by atoms with Gasteiger partial charge in [-0.15, -0.1) is 0 Å². The van der Waals surface area contributed by atoms with Crippen molar-refractivity contribution >= 4 is 22.8 Å². The van der Waals surface area contributed by atoms with Gasteiger partial charge in [-0.2, -0.15) is 0 Å². The first-order valence-corrected chi connectivity index (χ1v) is 8.57. The van der Waals surface area contributed by atoms with Gasteiger partial charge in [0.15, 0.2) is 0 Å². The van der Waals surface area contributed by atoms with Crippen LogP contribution in [0.5, 0.6) is 0 Å². The number of carbonyl (C=O) groups excluding carboxylic acids is 2. The Labute approximate surface area is 152 Å². The third kappa shape index (κ3) is 4.08. The summed E-state index contributed by atoms with van der Waals surface area (Å²) in [5, 5.41) is 0. The molecule has 3 aromatic rings. The molecule has 0 atom stereocenters. The van der Waals surface area contributed by atoms with Crippen molar-refractivity contribution in [1.29, 1.82) is 0 Å². The number of rotatable bonds is 7. The van der Waals surface area contributed by atoms with Crippen molar-refractivity contribution in [2.75, 3.05) is 13.1 Å². The molecule has 6 heteroatoms. The molecule has 1 heterocycles. The molecule has 0 fully saturated rings. The summed E-state index contributed by atoms with van der Waals surface area (Å²) in [6.45, 7) is 0.831. The number of amides is 2. The summed E-state index contributed by atoms with van der Waals surface area (Å²) in [5.74, 6) is -0.530. The average Bonchev–Trinajstić information content (AvgIpc) is 3.02. The fourth-order valence-electron chi connectivity index (χ4n) is 2.92. The minimum absolute atomic E-state index is 0.116. The molecule has 2 aromatic carbocycles. The van der Waals surface area contributed by atoms with Gasteiger partial charge in [0, 0.05) is 32.1 Å². The first-order chi connectivity index (χ1) is 12.5. The van der Waals surface area contributed by atoms with E-state index in [0.717, 1.165) is 23.0 Å². The number of nitrogens with zero attached hydrogens (tertiary/aromatic N) is 3. The van der Waals surface area contributed by atoms with Crippen molar-refractivity contribution in [3.63, 3.8) is 0 Å². The molecular formula is C20H22N4O2. The molecule has 0 aliphatic heterocycles. The van der Waals surface area contributed by atoms with Crippen LogP contribution in [-0.2, 0) is 18.3 Å². The number of hydrogen-bond donors (Lipinski definition) is 1. The van der Waals surface area contributed by atoms with Crippen LogP contribution in [0, 0.1) is 0 Å². The van der Waals surface area contributed by atoms with E-state index in [9.17, 15) is 9.59 Å². The normalized spacial score (nSPS) is 10.8. The van der Waals surface area contributed by atoms with E-state index in [1.54, 1.807) is 23.4 Å². The second-order valence-electron chi connectivity index (χ2n) is 6.30. The fraction of sp³-hybridized carbons (Fsp3) is 0.250. The molecule has 134 valence electrons. The van der Waals surface area contributed by atoms with E-state index in [2.05, 4.69) is 4.98 Å². The summed E-state index contributed by atoms with van der Waals surface area (Å²) >= 11 is 0. The lowest BCUT2D eigenvalue weighted by Gasteiger charge is -2.22. The summed E-state index contributed by atoms with van der Waals surface area (Å²) < 4.78 is 1.91. The standard InChI is InChI=1S/C20H22N4O2/c1-23-14-22-17-13-16(7-8-18(17)23)20(26)24(12-10-19(21)25)11-9-15-5-3-2-4-6-15/h2-8,13-14H,9-12H2,1H3,(H2,21,25). The molecule has 6 nitrogen and oxygen atoms in total. The van der Waals surface area contributed by atoms with Gasteiger partial charge in [-0.25, -0.2) is 4.98 Å². The van der Waals surface area contributed by atoms with Gasteiger partial charge in [0.1, 0.15) is 0 Å². The monoisotopic (exact) mass is 350 g/mol. The predicted molar refractivity (Wildman–Crippen MR) is 101 cm³/mol. The Morgan fingerprint density at radius 2 is 1.88 bits per heavy atom. The van der Waals surface area contributed by atoms with Crippen LogP contribution in [0.3, 0.4) is 0 Å².